The molecule has 0 amide bonds. The van der Waals surface area contributed by atoms with E-state index >= 15 is 0 Å². The smallest absolute Gasteiger partial charge is 0.132 e. The van der Waals surface area contributed by atoms with E-state index in [2.05, 4.69) is 17.2 Å². The van der Waals surface area contributed by atoms with Gasteiger partial charge in [0.15, 0.2) is 0 Å². The summed E-state index contributed by atoms with van der Waals surface area (Å²) in [5, 5.41) is 3.23. The molecule has 0 unspecified atom stereocenters. The van der Waals surface area contributed by atoms with Gasteiger partial charge in [0, 0.05) is 18.8 Å². The van der Waals surface area contributed by atoms with E-state index in [-0.39, 0.29) is 0 Å². The van der Waals surface area contributed by atoms with E-state index in [1.807, 2.05) is 36.4 Å². The Morgan fingerprint density at radius 3 is 2.47 bits per heavy atom. The summed E-state index contributed by atoms with van der Waals surface area (Å²) in [5.41, 5.74) is 0. The van der Waals surface area contributed by atoms with Crippen molar-refractivity contribution in [2.45, 2.75) is 13.3 Å². The molecule has 0 saturated heterocycles. The van der Waals surface area contributed by atoms with Gasteiger partial charge >= 0.3 is 0 Å². The molecule has 100 valence electrons. The number of methoxy groups -OCH3 is 1. The van der Waals surface area contributed by atoms with Gasteiger partial charge in [0.05, 0.1) is 7.11 Å². The Labute approximate surface area is 113 Å². The van der Waals surface area contributed by atoms with Crippen LogP contribution in [0, 0.1) is 0 Å². The number of benzene rings is 1. The van der Waals surface area contributed by atoms with Gasteiger partial charge in [-0.05, 0) is 36.8 Å². The van der Waals surface area contributed by atoms with E-state index in [9.17, 15) is 0 Å². The van der Waals surface area contributed by atoms with Crippen LogP contribution in [-0.2, 0) is 0 Å². The first-order valence-electron chi connectivity index (χ1n) is 6.33. The van der Waals surface area contributed by atoms with E-state index in [1.165, 1.54) is 0 Å². The molecule has 19 heavy (non-hydrogen) atoms. The Bertz CT molecular complexity index is 512. The number of nitrogens with one attached hydrogen (secondary N) is 1. The summed E-state index contributed by atoms with van der Waals surface area (Å²) in [4.78, 5) is 4.23. The summed E-state index contributed by atoms with van der Waals surface area (Å²) in [6.45, 7) is 3.02. The molecular weight excluding hydrogens is 240 g/mol. The highest BCUT2D eigenvalue weighted by atomic mass is 16.5. The second-order valence-corrected chi connectivity index (χ2v) is 4.08. The fourth-order valence-corrected chi connectivity index (χ4v) is 1.60. The molecule has 0 aliphatic rings. The van der Waals surface area contributed by atoms with Crippen LogP contribution in [0.2, 0.25) is 0 Å². The van der Waals surface area contributed by atoms with Gasteiger partial charge in [-0.1, -0.05) is 6.92 Å². The third kappa shape index (κ3) is 3.88. The highest BCUT2D eigenvalue weighted by Gasteiger charge is 2.00. The van der Waals surface area contributed by atoms with Gasteiger partial charge in [-0.25, -0.2) is 4.98 Å². The molecule has 0 bridgehead atoms. The predicted molar refractivity (Wildman–Crippen MR) is 76.1 cm³/mol. The number of pyridine rings is 1. The molecule has 1 heterocycles. The fourth-order valence-electron chi connectivity index (χ4n) is 1.60. The van der Waals surface area contributed by atoms with Gasteiger partial charge < -0.3 is 14.8 Å². The number of aromatic nitrogens is 1. The first-order valence-corrected chi connectivity index (χ1v) is 6.33. The van der Waals surface area contributed by atoms with Crippen molar-refractivity contribution in [2.75, 3.05) is 19.0 Å². The van der Waals surface area contributed by atoms with E-state index in [1.54, 1.807) is 13.3 Å². The molecule has 1 N–H and O–H groups in total. The maximum atomic E-state index is 5.76. The Hall–Kier alpha value is -2.23. The summed E-state index contributed by atoms with van der Waals surface area (Å²) in [7, 11) is 1.64. The highest BCUT2D eigenvalue weighted by Crippen LogP contribution is 2.24. The van der Waals surface area contributed by atoms with Crippen LogP contribution in [0.1, 0.15) is 13.3 Å². The summed E-state index contributed by atoms with van der Waals surface area (Å²) >= 11 is 0. The minimum atomic E-state index is 0.763. The van der Waals surface area contributed by atoms with Crippen molar-refractivity contribution >= 4 is 5.82 Å². The second-order valence-electron chi connectivity index (χ2n) is 4.08. The summed E-state index contributed by atoms with van der Waals surface area (Å²) < 4.78 is 10.9. The topological polar surface area (TPSA) is 43.4 Å². The van der Waals surface area contributed by atoms with Crippen LogP contribution in [0.15, 0.2) is 42.6 Å². The van der Waals surface area contributed by atoms with Crippen LogP contribution in [-0.4, -0.2) is 18.6 Å². The van der Waals surface area contributed by atoms with Crippen LogP contribution in [0.5, 0.6) is 17.2 Å². The fraction of sp³-hybridized carbons (Fsp3) is 0.267. The number of rotatable bonds is 6. The average Bonchev–Trinajstić information content (AvgIpc) is 2.46. The lowest BCUT2D eigenvalue weighted by atomic mass is 10.3. The molecule has 0 fully saturated rings. The Kier molecular flexibility index (Phi) is 4.61. The van der Waals surface area contributed by atoms with Crippen molar-refractivity contribution < 1.29 is 9.47 Å². The summed E-state index contributed by atoms with van der Waals surface area (Å²) in [6.07, 6.45) is 2.79. The number of anilines is 1. The minimum absolute atomic E-state index is 0.763. The van der Waals surface area contributed by atoms with Crippen molar-refractivity contribution in [3.05, 3.63) is 42.6 Å². The van der Waals surface area contributed by atoms with Crippen molar-refractivity contribution in [3.63, 3.8) is 0 Å². The van der Waals surface area contributed by atoms with E-state index in [4.69, 9.17) is 9.47 Å². The van der Waals surface area contributed by atoms with Crippen LogP contribution in [0.3, 0.4) is 0 Å². The zero-order valence-electron chi connectivity index (χ0n) is 11.2. The largest absolute Gasteiger partial charge is 0.497 e. The lowest BCUT2D eigenvalue weighted by molar-refractivity contribution is 0.413. The van der Waals surface area contributed by atoms with Crippen molar-refractivity contribution in [1.82, 2.24) is 4.98 Å². The first-order chi connectivity index (χ1) is 9.31. The second kappa shape index (κ2) is 6.64. The maximum absolute atomic E-state index is 5.76. The van der Waals surface area contributed by atoms with E-state index < -0.39 is 0 Å². The quantitative estimate of drug-likeness (QED) is 0.857. The number of hydrogen-bond acceptors (Lipinski definition) is 4. The van der Waals surface area contributed by atoms with Gasteiger partial charge in [0.1, 0.15) is 23.1 Å². The molecular formula is C15H18N2O2. The number of ether oxygens (including phenoxy) is 2. The van der Waals surface area contributed by atoms with Gasteiger partial charge in [0.2, 0.25) is 0 Å². The van der Waals surface area contributed by atoms with Crippen LogP contribution >= 0.6 is 0 Å². The third-order valence-electron chi connectivity index (χ3n) is 2.58. The molecule has 2 rings (SSSR count). The molecule has 2 aromatic rings. The molecule has 1 aromatic heterocycles. The maximum Gasteiger partial charge on any atom is 0.132 e. The number of hydrogen-bond donors (Lipinski definition) is 1. The molecule has 0 aliphatic heterocycles. The Morgan fingerprint density at radius 1 is 1.05 bits per heavy atom. The monoisotopic (exact) mass is 258 g/mol. The zero-order valence-corrected chi connectivity index (χ0v) is 11.2. The lowest BCUT2D eigenvalue weighted by Gasteiger charge is -2.08. The predicted octanol–water partition coefficient (Wildman–Crippen LogP) is 3.70. The standard InChI is InChI=1S/C15H18N2O2/c1-3-9-16-15-11-14(8-10-17-15)19-13-6-4-12(18-2)5-7-13/h4-8,10-11H,3,9H2,1-2H3,(H,16,17). The average molecular weight is 258 g/mol. The van der Waals surface area contributed by atoms with E-state index in [0.717, 1.165) is 36.0 Å². The first kappa shape index (κ1) is 13.2. The highest BCUT2D eigenvalue weighted by molar-refractivity contribution is 5.43. The van der Waals surface area contributed by atoms with Crippen molar-refractivity contribution in [1.29, 1.82) is 0 Å². The minimum Gasteiger partial charge on any atom is -0.497 e. The number of nitrogens with zero attached hydrogens (tertiary/aromatic N) is 1. The third-order valence-corrected chi connectivity index (χ3v) is 2.58. The molecule has 0 aliphatic carbocycles. The molecule has 4 heteroatoms. The van der Waals surface area contributed by atoms with Gasteiger partial charge in [-0.2, -0.15) is 0 Å². The Morgan fingerprint density at radius 2 is 1.79 bits per heavy atom. The molecule has 0 radical (unpaired) electrons. The summed E-state index contributed by atoms with van der Waals surface area (Å²) in [5.74, 6) is 3.17. The van der Waals surface area contributed by atoms with Crippen LogP contribution in [0.4, 0.5) is 5.82 Å². The molecule has 0 saturated carbocycles. The van der Waals surface area contributed by atoms with Gasteiger partial charge in [-0.3, -0.25) is 0 Å². The zero-order chi connectivity index (χ0) is 13.5. The van der Waals surface area contributed by atoms with E-state index in [0.29, 0.717) is 0 Å². The van der Waals surface area contributed by atoms with Gasteiger partial charge in [-0.15, -0.1) is 0 Å². The molecule has 0 spiro atoms. The summed E-state index contributed by atoms with van der Waals surface area (Å²) in [6, 6.07) is 11.2. The normalized spacial score (nSPS) is 10.0. The van der Waals surface area contributed by atoms with Gasteiger partial charge in [0.25, 0.3) is 0 Å². The lowest BCUT2D eigenvalue weighted by Crippen LogP contribution is -2.01. The molecule has 4 nitrogen and oxygen atoms in total. The molecule has 1 aromatic carbocycles. The Balaban J connectivity index is 2.05. The van der Waals surface area contributed by atoms with Crippen molar-refractivity contribution in [3.8, 4) is 17.2 Å². The van der Waals surface area contributed by atoms with Crippen LogP contribution in [0.25, 0.3) is 0 Å². The molecule has 0 atom stereocenters. The SMILES string of the molecule is CCCNc1cc(Oc2ccc(OC)cc2)ccn1. The van der Waals surface area contributed by atoms with Crippen molar-refractivity contribution in [2.24, 2.45) is 0 Å². The van der Waals surface area contributed by atoms with Crippen LogP contribution < -0.4 is 14.8 Å².